The van der Waals surface area contributed by atoms with Crippen LogP contribution in [-0.2, 0) is 6.54 Å². The average Bonchev–Trinajstić information content (AvgIpc) is 2.87. The van der Waals surface area contributed by atoms with Gasteiger partial charge in [0, 0.05) is 18.0 Å². The number of aromatic nitrogens is 1. The van der Waals surface area contributed by atoms with Crippen LogP contribution >= 0.6 is 0 Å². The molecular weight excluding hydrogens is 200 g/mol. The van der Waals surface area contributed by atoms with Crippen LogP contribution in [0.1, 0.15) is 62.0 Å². The number of rotatable bonds is 4. The fraction of sp³-hybridized carbons (Fsp3) is 0.769. The Morgan fingerprint density at radius 1 is 1.38 bits per heavy atom. The van der Waals surface area contributed by atoms with E-state index in [0.717, 1.165) is 19.0 Å². The highest BCUT2D eigenvalue weighted by Gasteiger charge is 2.42. The maximum atomic E-state index is 5.51. The first-order valence-electron chi connectivity index (χ1n) is 6.44. The summed E-state index contributed by atoms with van der Waals surface area (Å²) in [7, 11) is 0. The van der Waals surface area contributed by atoms with Crippen molar-refractivity contribution in [2.45, 2.75) is 51.5 Å². The topological polar surface area (TPSA) is 38.1 Å². The number of fused-ring (bicyclic) bond motifs is 5. The molecule has 1 fully saturated rings. The molecule has 88 valence electrons. The normalized spacial score (nSPS) is 26.7. The third-order valence-corrected chi connectivity index (χ3v) is 3.89. The molecule has 0 amide bonds. The van der Waals surface area contributed by atoms with E-state index in [-0.39, 0.29) is 0 Å². The Bertz CT molecular complexity index is 383. The molecule has 2 aliphatic rings. The van der Waals surface area contributed by atoms with Crippen molar-refractivity contribution >= 4 is 0 Å². The van der Waals surface area contributed by atoms with Crippen LogP contribution in [0.5, 0.6) is 0 Å². The van der Waals surface area contributed by atoms with Crippen molar-refractivity contribution in [3.05, 3.63) is 17.0 Å². The van der Waals surface area contributed by atoms with E-state index in [0.29, 0.717) is 11.8 Å². The monoisotopic (exact) mass is 220 g/mol. The second-order valence-corrected chi connectivity index (χ2v) is 5.64. The standard InChI is InChI=1S/C13H20N2O/c1-8(2)6-14-7-11-12-9-3-4-10(5-9)13(12)16-15-11/h8-10,14H,3-7H2,1-2H3. The van der Waals surface area contributed by atoms with Crippen molar-refractivity contribution < 1.29 is 4.52 Å². The van der Waals surface area contributed by atoms with Crippen LogP contribution in [0.15, 0.2) is 4.52 Å². The molecule has 16 heavy (non-hydrogen) atoms. The van der Waals surface area contributed by atoms with Gasteiger partial charge in [0.15, 0.2) is 0 Å². The zero-order valence-electron chi connectivity index (χ0n) is 10.1. The quantitative estimate of drug-likeness (QED) is 0.848. The molecule has 2 unspecified atom stereocenters. The molecule has 2 bridgehead atoms. The Balaban J connectivity index is 1.71. The summed E-state index contributed by atoms with van der Waals surface area (Å²) in [5.74, 6) is 3.34. The van der Waals surface area contributed by atoms with Gasteiger partial charge in [-0.15, -0.1) is 0 Å². The molecule has 0 radical (unpaired) electrons. The Morgan fingerprint density at radius 3 is 3.00 bits per heavy atom. The summed E-state index contributed by atoms with van der Waals surface area (Å²) < 4.78 is 5.51. The van der Waals surface area contributed by atoms with E-state index in [9.17, 15) is 0 Å². The van der Waals surface area contributed by atoms with Gasteiger partial charge >= 0.3 is 0 Å². The molecule has 0 saturated heterocycles. The summed E-state index contributed by atoms with van der Waals surface area (Å²) >= 11 is 0. The Kier molecular flexibility index (Phi) is 2.51. The van der Waals surface area contributed by atoms with Gasteiger partial charge in [0.05, 0.1) is 0 Å². The van der Waals surface area contributed by atoms with Gasteiger partial charge in [-0.3, -0.25) is 0 Å². The highest BCUT2D eigenvalue weighted by molar-refractivity contribution is 5.37. The van der Waals surface area contributed by atoms with Gasteiger partial charge in [0.1, 0.15) is 11.5 Å². The molecule has 3 rings (SSSR count). The zero-order valence-corrected chi connectivity index (χ0v) is 10.1. The van der Waals surface area contributed by atoms with Crippen molar-refractivity contribution in [3.8, 4) is 0 Å². The van der Waals surface area contributed by atoms with E-state index in [4.69, 9.17) is 4.52 Å². The molecule has 3 heteroatoms. The summed E-state index contributed by atoms with van der Waals surface area (Å²) in [6.07, 6.45) is 3.97. The highest BCUT2D eigenvalue weighted by Crippen LogP contribution is 2.54. The van der Waals surface area contributed by atoms with Crippen molar-refractivity contribution in [2.24, 2.45) is 5.92 Å². The molecule has 1 heterocycles. The van der Waals surface area contributed by atoms with Crippen LogP contribution in [0, 0.1) is 5.92 Å². The predicted octanol–water partition coefficient (Wildman–Crippen LogP) is 2.78. The molecule has 3 nitrogen and oxygen atoms in total. The van der Waals surface area contributed by atoms with Gasteiger partial charge in [-0.1, -0.05) is 19.0 Å². The second kappa shape index (κ2) is 3.88. The SMILES string of the molecule is CC(C)CNCc1noc2c1C1CCC2C1. The largest absolute Gasteiger partial charge is 0.360 e. The highest BCUT2D eigenvalue weighted by atomic mass is 16.5. The van der Waals surface area contributed by atoms with Crippen molar-refractivity contribution in [2.75, 3.05) is 6.54 Å². The van der Waals surface area contributed by atoms with Crippen LogP contribution in [0.2, 0.25) is 0 Å². The minimum absolute atomic E-state index is 0.686. The second-order valence-electron chi connectivity index (χ2n) is 5.64. The molecular formula is C13H20N2O. The van der Waals surface area contributed by atoms with Crippen molar-refractivity contribution in [1.82, 2.24) is 10.5 Å². The molecule has 1 N–H and O–H groups in total. The third kappa shape index (κ3) is 1.58. The van der Waals surface area contributed by atoms with Crippen molar-refractivity contribution in [3.63, 3.8) is 0 Å². The number of nitrogens with one attached hydrogen (secondary N) is 1. The molecule has 2 aliphatic carbocycles. The lowest BCUT2D eigenvalue weighted by molar-refractivity contribution is 0.356. The van der Waals surface area contributed by atoms with Crippen LogP contribution in [0.4, 0.5) is 0 Å². The maximum absolute atomic E-state index is 5.51. The van der Waals surface area contributed by atoms with Gasteiger partial charge in [-0.25, -0.2) is 0 Å². The lowest BCUT2D eigenvalue weighted by Crippen LogP contribution is -2.20. The molecule has 1 aromatic heterocycles. The lowest BCUT2D eigenvalue weighted by atomic mass is 9.96. The molecule has 1 aromatic rings. The summed E-state index contributed by atoms with van der Waals surface area (Å²) in [6.45, 7) is 6.38. The van der Waals surface area contributed by atoms with E-state index < -0.39 is 0 Å². The number of nitrogens with zero attached hydrogens (tertiary/aromatic N) is 1. The first-order valence-corrected chi connectivity index (χ1v) is 6.44. The fourth-order valence-corrected chi connectivity index (χ4v) is 3.16. The fourth-order valence-electron chi connectivity index (χ4n) is 3.16. The van der Waals surface area contributed by atoms with Crippen LogP contribution in [0.25, 0.3) is 0 Å². The van der Waals surface area contributed by atoms with Gasteiger partial charge in [0.2, 0.25) is 0 Å². The molecule has 2 atom stereocenters. The summed E-state index contributed by atoms with van der Waals surface area (Å²) in [6, 6.07) is 0. The maximum Gasteiger partial charge on any atom is 0.143 e. The molecule has 0 aromatic carbocycles. The van der Waals surface area contributed by atoms with Gasteiger partial charge < -0.3 is 9.84 Å². The van der Waals surface area contributed by atoms with Gasteiger partial charge in [0.25, 0.3) is 0 Å². The number of hydrogen-bond donors (Lipinski definition) is 1. The first-order chi connectivity index (χ1) is 7.75. The number of hydrogen-bond acceptors (Lipinski definition) is 3. The Hall–Kier alpha value is -0.830. The Labute approximate surface area is 96.6 Å². The Morgan fingerprint density at radius 2 is 2.19 bits per heavy atom. The smallest absolute Gasteiger partial charge is 0.143 e. The first kappa shape index (κ1) is 10.3. The molecule has 0 aliphatic heterocycles. The van der Waals surface area contributed by atoms with E-state index >= 15 is 0 Å². The van der Waals surface area contributed by atoms with Crippen molar-refractivity contribution in [1.29, 1.82) is 0 Å². The average molecular weight is 220 g/mol. The molecule has 1 saturated carbocycles. The van der Waals surface area contributed by atoms with Gasteiger partial charge in [-0.05, 0) is 37.6 Å². The summed E-state index contributed by atoms with van der Waals surface area (Å²) in [5, 5.41) is 7.69. The summed E-state index contributed by atoms with van der Waals surface area (Å²) in [4.78, 5) is 0. The lowest BCUT2D eigenvalue weighted by Gasteiger charge is -2.10. The molecule has 0 spiro atoms. The van der Waals surface area contributed by atoms with E-state index in [1.165, 1.54) is 36.3 Å². The van der Waals surface area contributed by atoms with Crippen LogP contribution in [-0.4, -0.2) is 11.7 Å². The minimum atomic E-state index is 0.686. The van der Waals surface area contributed by atoms with E-state index in [2.05, 4.69) is 24.3 Å². The minimum Gasteiger partial charge on any atom is -0.360 e. The van der Waals surface area contributed by atoms with E-state index in [1.807, 2.05) is 0 Å². The van der Waals surface area contributed by atoms with E-state index in [1.54, 1.807) is 0 Å². The predicted molar refractivity (Wildman–Crippen MR) is 62.4 cm³/mol. The van der Waals surface area contributed by atoms with Gasteiger partial charge in [-0.2, -0.15) is 0 Å². The van der Waals surface area contributed by atoms with Crippen LogP contribution in [0.3, 0.4) is 0 Å². The zero-order chi connectivity index (χ0) is 11.1. The third-order valence-electron chi connectivity index (χ3n) is 3.89. The summed E-state index contributed by atoms with van der Waals surface area (Å²) in [5.41, 5.74) is 2.62. The van der Waals surface area contributed by atoms with Crippen LogP contribution < -0.4 is 5.32 Å².